The molecule has 0 N–H and O–H groups in total. The van der Waals surface area contributed by atoms with Crippen LogP contribution in [0.2, 0.25) is 0 Å². The van der Waals surface area contributed by atoms with Crippen LogP contribution in [0.3, 0.4) is 0 Å². The topological polar surface area (TPSA) is 45.4 Å². The summed E-state index contributed by atoms with van der Waals surface area (Å²) in [7, 11) is 0. The first-order valence-electron chi connectivity index (χ1n) is 10.6. The number of rotatable bonds is 5. The largest absolute Gasteiger partial charge is 0.463 e. The van der Waals surface area contributed by atoms with Gasteiger partial charge in [0.15, 0.2) is 11.5 Å². The molecule has 2 aromatic rings. The van der Waals surface area contributed by atoms with Gasteiger partial charge in [-0.2, -0.15) is 5.26 Å². The van der Waals surface area contributed by atoms with E-state index in [1.807, 2.05) is 30.3 Å². The van der Waals surface area contributed by atoms with Gasteiger partial charge in [0.1, 0.15) is 5.41 Å². The van der Waals surface area contributed by atoms with Gasteiger partial charge in [-0.25, -0.2) is 4.99 Å². The van der Waals surface area contributed by atoms with E-state index in [1.54, 1.807) is 0 Å². The van der Waals surface area contributed by atoms with Gasteiger partial charge in [-0.1, -0.05) is 74.2 Å². The van der Waals surface area contributed by atoms with E-state index in [1.165, 1.54) is 25.7 Å². The number of hydrogen-bond donors (Lipinski definition) is 0. The molecule has 5 rings (SSSR count). The molecule has 3 aliphatic rings. The molecule has 0 saturated heterocycles. The van der Waals surface area contributed by atoms with Crippen molar-refractivity contribution in [1.82, 2.24) is 0 Å². The predicted octanol–water partition coefficient (Wildman–Crippen LogP) is 6.26. The van der Waals surface area contributed by atoms with E-state index in [0.717, 1.165) is 54.3 Å². The fraction of sp³-hybridized carbons (Fsp3) is 0.440. The Morgan fingerprint density at radius 1 is 1.00 bits per heavy atom. The smallest absolute Gasteiger partial charge is 0.190 e. The van der Waals surface area contributed by atoms with E-state index in [2.05, 4.69) is 30.3 Å². The van der Waals surface area contributed by atoms with Crippen LogP contribution in [0, 0.1) is 22.7 Å². The van der Waals surface area contributed by atoms with E-state index in [-0.39, 0.29) is 0 Å². The van der Waals surface area contributed by atoms with Gasteiger partial charge in [-0.15, -0.1) is 0 Å². The van der Waals surface area contributed by atoms with E-state index in [4.69, 9.17) is 9.73 Å². The Hall–Kier alpha value is -2.60. The zero-order valence-corrected chi connectivity index (χ0v) is 16.2. The Labute approximate surface area is 167 Å². The van der Waals surface area contributed by atoms with Crippen LogP contribution >= 0.6 is 0 Å². The Bertz CT molecular complexity index is 933. The highest BCUT2D eigenvalue weighted by Gasteiger charge is 2.65. The number of para-hydroxylation sites is 1. The van der Waals surface area contributed by atoms with Crippen molar-refractivity contribution in [3.05, 3.63) is 65.7 Å². The number of aliphatic imine (C=N–C) groups is 1. The summed E-state index contributed by atoms with van der Waals surface area (Å²) in [4.78, 5) is 4.89. The number of hydrogen-bond acceptors (Lipinski definition) is 3. The summed E-state index contributed by atoms with van der Waals surface area (Å²) in [6, 6.07) is 21.2. The highest BCUT2D eigenvalue weighted by molar-refractivity contribution is 5.84. The van der Waals surface area contributed by atoms with Crippen LogP contribution in [0.1, 0.15) is 62.5 Å². The van der Waals surface area contributed by atoms with E-state index < -0.39 is 11.0 Å². The minimum Gasteiger partial charge on any atom is -0.463 e. The number of benzene rings is 2. The molecule has 1 atom stereocenters. The third-order valence-electron chi connectivity index (χ3n) is 6.86. The molecule has 142 valence electrons. The lowest BCUT2D eigenvalue weighted by molar-refractivity contribution is 0.0347. The molecule has 2 fully saturated rings. The predicted molar refractivity (Wildman–Crippen MR) is 110 cm³/mol. The van der Waals surface area contributed by atoms with Crippen molar-refractivity contribution in [2.24, 2.45) is 16.3 Å². The molecule has 2 aromatic carbocycles. The third-order valence-corrected chi connectivity index (χ3v) is 6.86. The molecule has 1 unspecified atom stereocenters. The van der Waals surface area contributed by atoms with Crippen LogP contribution in [-0.4, -0.2) is 5.90 Å². The summed E-state index contributed by atoms with van der Waals surface area (Å²) in [6.07, 6.45) is 9.08. The average molecular weight is 370 g/mol. The Morgan fingerprint density at radius 3 is 2.43 bits per heavy atom. The Balaban J connectivity index is 1.60. The van der Waals surface area contributed by atoms with Gasteiger partial charge in [-0.3, -0.25) is 0 Å². The van der Waals surface area contributed by atoms with Crippen molar-refractivity contribution < 1.29 is 4.74 Å². The summed E-state index contributed by atoms with van der Waals surface area (Å²) in [6.45, 7) is 0. The minimum absolute atomic E-state index is 0.515. The first-order chi connectivity index (χ1) is 13.8. The molecule has 0 spiro atoms. The van der Waals surface area contributed by atoms with Crippen LogP contribution in [0.15, 0.2) is 59.6 Å². The summed E-state index contributed by atoms with van der Waals surface area (Å²) < 4.78 is 6.79. The summed E-state index contributed by atoms with van der Waals surface area (Å²) in [5, 5.41) is 10.2. The fourth-order valence-electron chi connectivity index (χ4n) is 5.18. The normalized spacial score (nSPS) is 25.3. The highest BCUT2D eigenvalue weighted by Crippen LogP contribution is 2.64. The quantitative estimate of drug-likeness (QED) is 0.623. The summed E-state index contributed by atoms with van der Waals surface area (Å²) in [5.41, 5.74) is 1.78. The van der Waals surface area contributed by atoms with Gasteiger partial charge >= 0.3 is 0 Å². The third kappa shape index (κ3) is 2.66. The summed E-state index contributed by atoms with van der Waals surface area (Å²) >= 11 is 0. The molecule has 1 aliphatic heterocycles. The van der Waals surface area contributed by atoms with Gasteiger partial charge in [0.05, 0.1) is 11.8 Å². The molecule has 0 bridgehead atoms. The molecule has 28 heavy (non-hydrogen) atoms. The van der Waals surface area contributed by atoms with Crippen LogP contribution < -0.4 is 0 Å². The molecule has 0 amide bonds. The number of ether oxygens (including phenoxy) is 1. The van der Waals surface area contributed by atoms with Crippen molar-refractivity contribution in [3.63, 3.8) is 0 Å². The van der Waals surface area contributed by atoms with Crippen molar-refractivity contribution in [1.29, 1.82) is 5.26 Å². The molecule has 3 heteroatoms. The van der Waals surface area contributed by atoms with Gasteiger partial charge in [0, 0.05) is 17.5 Å². The lowest BCUT2D eigenvalue weighted by Gasteiger charge is -2.42. The number of nitriles is 1. The first-order valence-corrected chi connectivity index (χ1v) is 10.6. The molecular formula is C25H26N2O. The Kier molecular flexibility index (Phi) is 4.23. The van der Waals surface area contributed by atoms with Gasteiger partial charge in [-0.05, 0) is 31.2 Å². The standard InChI is InChI=1S/C25H26N2O/c26-18-24(16-17-24)25(20-10-2-1-3-11-20)21-12-6-7-13-22(21)27-23(28-25)15-14-19-8-4-5-9-19/h1-3,6-7,10-13,19H,4-5,8-9,14-17H2. The van der Waals surface area contributed by atoms with E-state index in [9.17, 15) is 5.26 Å². The van der Waals surface area contributed by atoms with Gasteiger partial charge in [0.25, 0.3) is 0 Å². The maximum absolute atomic E-state index is 10.2. The van der Waals surface area contributed by atoms with E-state index >= 15 is 0 Å². The van der Waals surface area contributed by atoms with Crippen LogP contribution in [-0.2, 0) is 10.3 Å². The molecule has 2 aliphatic carbocycles. The highest BCUT2D eigenvalue weighted by atomic mass is 16.5. The second-order valence-electron chi connectivity index (χ2n) is 8.56. The number of nitrogens with zero attached hydrogens (tertiary/aromatic N) is 2. The second kappa shape index (κ2) is 6.78. The van der Waals surface area contributed by atoms with Gasteiger partial charge < -0.3 is 4.74 Å². The lowest BCUT2D eigenvalue weighted by atomic mass is 9.72. The number of fused-ring (bicyclic) bond motifs is 1. The minimum atomic E-state index is -0.758. The van der Waals surface area contributed by atoms with Crippen molar-refractivity contribution in [2.45, 2.75) is 57.0 Å². The Morgan fingerprint density at radius 2 is 1.71 bits per heavy atom. The maximum atomic E-state index is 10.2. The average Bonchev–Trinajstić information content (AvgIpc) is 3.39. The molecule has 0 aromatic heterocycles. The van der Waals surface area contributed by atoms with Gasteiger partial charge in [0.2, 0.25) is 0 Å². The van der Waals surface area contributed by atoms with Crippen LogP contribution in [0.4, 0.5) is 5.69 Å². The maximum Gasteiger partial charge on any atom is 0.190 e. The SMILES string of the molecule is N#CC1(C2(c3ccccc3)OC(CCC3CCCC3)=Nc3ccccc32)CC1. The molecule has 3 nitrogen and oxygen atoms in total. The molecular weight excluding hydrogens is 344 g/mol. The van der Waals surface area contributed by atoms with Crippen molar-refractivity contribution in [3.8, 4) is 6.07 Å². The molecule has 1 heterocycles. The monoisotopic (exact) mass is 370 g/mol. The first kappa shape index (κ1) is 17.5. The second-order valence-corrected chi connectivity index (χ2v) is 8.56. The van der Waals surface area contributed by atoms with Crippen molar-refractivity contribution in [2.75, 3.05) is 0 Å². The van der Waals surface area contributed by atoms with Crippen LogP contribution in [0.5, 0.6) is 0 Å². The lowest BCUT2D eigenvalue weighted by Crippen LogP contribution is -2.44. The summed E-state index contributed by atoms with van der Waals surface area (Å²) in [5.74, 6) is 1.59. The van der Waals surface area contributed by atoms with Crippen molar-refractivity contribution >= 4 is 11.6 Å². The zero-order chi connectivity index (χ0) is 19.0. The zero-order valence-electron chi connectivity index (χ0n) is 16.2. The van der Waals surface area contributed by atoms with E-state index in [0.29, 0.717) is 0 Å². The van der Waals surface area contributed by atoms with Crippen LogP contribution in [0.25, 0.3) is 0 Å². The molecule has 0 radical (unpaired) electrons. The fourth-order valence-corrected chi connectivity index (χ4v) is 5.18. The molecule has 2 saturated carbocycles.